The van der Waals surface area contributed by atoms with Gasteiger partial charge in [0.05, 0.1) is 5.56 Å². The monoisotopic (exact) mass is 217 g/mol. The van der Waals surface area contributed by atoms with E-state index in [9.17, 15) is 13.2 Å². The van der Waals surface area contributed by atoms with E-state index in [4.69, 9.17) is 5.73 Å². The zero-order chi connectivity index (χ0) is 11.7. The molecular weight excluding hydrogens is 203 g/mol. The summed E-state index contributed by atoms with van der Waals surface area (Å²) >= 11 is 0. The molecule has 1 rings (SSSR count). The Kier molecular flexibility index (Phi) is 3.09. The van der Waals surface area contributed by atoms with Gasteiger partial charge in [-0.25, -0.2) is 0 Å². The van der Waals surface area contributed by atoms with Gasteiger partial charge in [0.1, 0.15) is 0 Å². The lowest BCUT2D eigenvalue weighted by Crippen LogP contribution is -2.32. The fourth-order valence-corrected chi connectivity index (χ4v) is 1.25. The number of hydrogen-bond acceptors (Lipinski definition) is 1. The van der Waals surface area contributed by atoms with Crippen LogP contribution in [0.1, 0.15) is 31.4 Å². The lowest BCUT2D eigenvalue weighted by Gasteiger charge is -2.24. The van der Waals surface area contributed by atoms with Crippen LogP contribution in [0, 0.1) is 0 Å². The SMILES string of the molecule is CCC(C)(N)c1cccc(C(F)(F)F)c1. The Labute approximate surface area is 87.1 Å². The van der Waals surface area contributed by atoms with Crippen molar-refractivity contribution in [3.63, 3.8) is 0 Å². The molecule has 0 heterocycles. The molecule has 0 saturated carbocycles. The van der Waals surface area contributed by atoms with Crippen molar-refractivity contribution >= 4 is 0 Å². The fourth-order valence-electron chi connectivity index (χ4n) is 1.25. The summed E-state index contributed by atoms with van der Waals surface area (Å²) in [6, 6.07) is 5.18. The van der Waals surface area contributed by atoms with Gasteiger partial charge in [-0.1, -0.05) is 19.1 Å². The van der Waals surface area contributed by atoms with Crippen LogP contribution in [0.5, 0.6) is 0 Å². The molecule has 84 valence electrons. The zero-order valence-electron chi connectivity index (χ0n) is 8.73. The second-order valence-electron chi connectivity index (χ2n) is 3.85. The maximum absolute atomic E-state index is 12.4. The molecule has 0 saturated heterocycles. The standard InChI is InChI=1S/C11H14F3N/c1-3-10(2,15)8-5-4-6-9(7-8)11(12,13)14/h4-7H,3,15H2,1-2H3. The van der Waals surface area contributed by atoms with Crippen LogP contribution in [0.15, 0.2) is 24.3 Å². The van der Waals surface area contributed by atoms with E-state index < -0.39 is 17.3 Å². The summed E-state index contributed by atoms with van der Waals surface area (Å²) in [5.74, 6) is 0. The molecule has 0 bridgehead atoms. The molecule has 1 aromatic rings. The van der Waals surface area contributed by atoms with Gasteiger partial charge in [-0.15, -0.1) is 0 Å². The van der Waals surface area contributed by atoms with Gasteiger partial charge in [0.25, 0.3) is 0 Å². The second-order valence-corrected chi connectivity index (χ2v) is 3.85. The summed E-state index contributed by atoms with van der Waals surface area (Å²) in [7, 11) is 0. The van der Waals surface area contributed by atoms with Crippen LogP contribution in [0.25, 0.3) is 0 Å². The number of rotatable bonds is 2. The van der Waals surface area contributed by atoms with E-state index in [2.05, 4.69) is 0 Å². The van der Waals surface area contributed by atoms with Crippen LogP contribution < -0.4 is 5.73 Å². The predicted molar refractivity (Wildman–Crippen MR) is 53.3 cm³/mol. The third-order valence-corrected chi connectivity index (χ3v) is 2.58. The van der Waals surface area contributed by atoms with Crippen molar-refractivity contribution in [1.82, 2.24) is 0 Å². The smallest absolute Gasteiger partial charge is 0.322 e. The Morgan fingerprint density at radius 3 is 2.20 bits per heavy atom. The Morgan fingerprint density at radius 2 is 1.73 bits per heavy atom. The van der Waals surface area contributed by atoms with Gasteiger partial charge >= 0.3 is 6.18 Å². The number of hydrogen-bond donors (Lipinski definition) is 1. The molecule has 15 heavy (non-hydrogen) atoms. The summed E-state index contributed by atoms with van der Waals surface area (Å²) in [6.07, 6.45) is -3.71. The Hall–Kier alpha value is -1.03. The molecule has 0 fully saturated rings. The number of benzene rings is 1. The molecule has 0 aromatic heterocycles. The molecule has 1 nitrogen and oxygen atoms in total. The molecule has 0 spiro atoms. The van der Waals surface area contributed by atoms with E-state index in [1.54, 1.807) is 13.0 Å². The summed E-state index contributed by atoms with van der Waals surface area (Å²) in [4.78, 5) is 0. The first-order valence-electron chi connectivity index (χ1n) is 4.74. The highest BCUT2D eigenvalue weighted by Crippen LogP contribution is 2.32. The summed E-state index contributed by atoms with van der Waals surface area (Å²) < 4.78 is 37.3. The molecule has 1 atom stereocenters. The van der Waals surface area contributed by atoms with E-state index in [0.29, 0.717) is 12.0 Å². The van der Waals surface area contributed by atoms with Crippen LogP contribution >= 0.6 is 0 Å². The van der Waals surface area contributed by atoms with Crippen molar-refractivity contribution in [2.24, 2.45) is 5.73 Å². The normalized spacial score (nSPS) is 16.1. The van der Waals surface area contributed by atoms with Crippen LogP contribution in [-0.4, -0.2) is 0 Å². The first kappa shape index (κ1) is 12.0. The van der Waals surface area contributed by atoms with Gasteiger partial charge in [-0.05, 0) is 31.0 Å². The molecule has 0 amide bonds. The van der Waals surface area contributed by atoms with Crippen molar-refractivity contribution in [3.05, 3.63) is 35.4 Å². The van der Waals surface area contributed by atoms with Gasteiger partial charge in [-0.2, -0.15) is 13.2 Å². The molecular formula is C11H14F3N. The molecule has 0 aliphatic heterocycles. The Bertz CT molecular complexity index is 342. The lowest BCUT2D eigenvalue weighted by atomic mass is 9.89. The first-order valence-corrected chi connectivity index (χ1v) is 4.74. The molecule has 1 aromatic carbocycles. The van der Waals surface area contributed by atoms with Gasteiger partial charge in [0, 0.05) is 5.54 Å². The third kappa shape index (κ3) is 2.72. The largest absolute Gasteiger partial charge is 0.416 e. The van der Waals surface area contributed by atoms with Crippen LogP contribution in [0.2, 0.25) is 0 Å². The van der Waals surface area contributed by atoms with Crippen molar-refractivity contribution in [1.29, 1.82) is 0 Å². The average Bonchev–Trinajstić information content (AvgIpc) is 2.17. The van der Waals surface area contributed by atoms with Crippen molar-refractivity contribution in [2.45, 2.75) is 32.0 Å². The Balaban J connectivity index is 3.14. The van der Waals surface area contributed by atoms with Crippen LogP contribution in [-0.2, 0) is 11.7 Å². The summed E-state index contributed by atoms with van der Waals surface area (Å²) in [6.45, 7) is 3.57. The number of alkyl halides is 3. The molecule has 0 aliphatic carbocycles. The lowest BCUT2D eigenvalue weighted by molar-refractivity contribution is -0.137. The molecule has 2 N–H and O–H groups in total. The third-order valence-electron chi connectivity index (χ3n) is 2.58. The number of halogens is 3. The maximum atomic E-state index is 12.4. The average molecular weight is 217 g/mol. The highest BCUT2D eigenvalue weighted by molar-refractivity contribution is 5.30. The minimum absolute atomic E-state index is 0.514. The minimum Gasteiger partial charge on any atom is -0.322 e. The highest BCUT2D eigenvalue weighted by Gasteiger charge is 2.31. The predicted octanol–water partition coefficient (Wildman–Crippen LogP) is 3.29. The van der Waals surface area contributed by atoms with Gasteiger partial charge in [0.15, 0.2) is 0 Å². The topological polar surface area (TPSA) is 26.0 Å². The summed E-state index contributed by atoms with van der Waals surface area (Å²) in [5, 5.41) is 0. The zero-order valence-corrected chi connectivity index (χ0v) is 8.73. The van der Waals surface area contributed by atoms with Crippen molar-refractivity contribution in [2.75, 3.05) is 0 Å². The fraction of sp³-hybridized carbons (Fsp3) is 0.455. The highest BCUT2D eigenvalue weighted by atomic mass is 19.4. The molecule has 0 aliphatic rings. The first-order chi connectivity index (χ1) is 6.77. The van der Waals surface area contributed by atoms with Gasteiger partial charge < -0.3 is 5.73 Å². The molecule has 4 heteroatoms. The van der Waals surface area contributed by atoms with Crippen LogP contribution in [0.4, 0.5) is 13.2 Å². The van der Waals surface area contributed by atoms with E-state index in [-0.39, 0.29) is 0 Å². The second kappa shape index (κ2) is 3.85. The van der Waals surface area contributed by atoms with Crippen LogP contribution in [0.3, 0.4) is 0 Å². The van der Waals surface area contributed by atoms with E-state index in [1.165, 1.54) is 6.07 Å². The van der Waals surface area contributed by atoms with Gasteiger partial charge in [0.2, 0.25) is 0 Å². The van der Waals surface area contributed by atoms with E-state index in [0.717, 1.165) is 12.1 Å². The van der Waals surface area contributed by atoms with E-state index in [1.807, 2.05) is 6.92 Å². The van der Waals surface area contributed by atoms with Crippen molar-refractivity contribution in [3.8, 4) is 0 Å². The van der Waals surface area contributed by atoms with Crippen molar-refractivity contribution < 1.29 is 13.2 Å². The molecule has 1 unspecified atom stereocenters. The maximum Gasteiger partial charge on any atom is 0.416 e. The quantitative estimate of drug-likeness (QED) is 0.808. The summed E-state index contributed by atoms with van der Waals surface area (Å²) in [5.41, 5.74) is 5.04. The van der Waals surface area contributed by atoms with Gasteiger partial charge in [-0.3, -0.25) is 0 Å². The number of nitrogens with two attached hydrogens (primary N) is 1. The molecule has 0 radical (unpaired) electrons. The Morgan fingerprint density at radius 1 is 1.20 bits per heavy atom. The minimum atomic E-state index is -4.31. The van der Waals surface area contributed by atoms with E-state index >= 15 is 0 Å².